The minimum atomic E-state index is -0.620. The third kappa shape index (κ3) is 4.29. The lowest BCUT2D eigenvalue weighted by atomic mass is 10.1. The van der Waals surface area contributed by atoms with Gasteiger partial charge in [-0.25, -0.2) is 4.79 Å². The van der Waals surface area contributed by atoms with Crippen molar-refractivity contribution in [2.24, 2.45) is 0 Å². The molecule has 0 fully saturated rings. The number of nitrogens with zero attached hydrogens (tertiary/aromatic N) is 1. The molecule has 120 valence electrons. The van der Waals surface area contributed by atoms with E-state index in [4.69, 9.17) is 9.47 Å². The van der Waals surface area contributed by atoms with Crippen molar-refractivity contribution in [3.05, 3.63) is 63.2 Å². The first-order valence-electron chi connectivity index (χ1n) is 7.02. The summed E-state index contributed by atoms with van der Waals surface area (Å²) in [6, 6.07) is 9.39. The Morgan fingerprint density at radius 3 is 2.39 bits per heavy atom. The van der Waals surface area contributed by atoms with Crippen LogP contribution < -0.4 is 9.47 Å². The number of benzene rings is 2. The number of nitro groups is 1. The highest BCUT2D eigenvalue weighted by Gasteiger charge is 2.12. The van der Waals surface area contributed by atoms with E-state index in [0.717, 1.165) is 16.7 Å². The summed E-state index contributed by atoms with van der Waals surface area (Å²) in [5.74, 6) is 0.140. The predicted octanol–water partition coefficient (Wildman–Crippen LogP) is 3.50. The zero-order chi connectivity index (χ0) is 17.0. The predicted molar refractivity (Wildman–Crippen MR) is 84.9 cm³/mol. The second-order valence-corrected chi connectivity index (χ2v) is 5.25. The van der Waals surface area contributed by atoms with Gasteiger partial charge in [-0.15, -0.1) is 0 Å². The lowest BCUT2D eigenvalue weighted by Crippen LogP contribution is -2.18. The van der Waals surface area contributed by atoms with E-state index >= 15 is 0 Å². The van der Waals surface area contributed by atoms with Crippen LogP contribution in [0.4, 0.5) is 5.69 Å². The van der Waals surface area contributed by atoms with Crippen molar-refractivity contribution < 1.29 is 19.2 Å². The average molecular weight is 315 g/mol. The third-order valence-electron chi connectivity index (χ3n) is 3.20. The van der Waals surface area contributed by atoms with Crippen molar-refractivity contribution in [1.82, 2.24) is 0 Å². The Bertz CT molecular complexity index is 731. The Balaban J connectivity index is 2.01. The van der Waals surface area contributed by atoms with Gasteiger partial charge in [0.1, 0.15) is 11.5 Å². The van der Waals surface area contributed by atoms with Crippen molar-refractivity contribution in [2.75, 3.05) is 6.61 Å². The highest BCUT2D eigenvalue weighted by molar-refractivity contribution is 5.74. The lowest BCUT2D eigenvalue weighted by Gasteiger charge is -2.12. The van der Waals surface area contributed by atoms with E-state index in [1.165, 1.54) is 24.3 Å². The minimum Gasteiger partial charge on any atom is -0.481 e. The van der Waals surface area contributed by atoms with Crippen molar-refractivity contribution in [2.45, 2.75) is 20.8 Å². The topological polar surface area (TPSA) is 78.7 Å². The fourth-order valence-electron chi connectivity index (χ4n) is 2.35. The van der Waals surface area contributed by atoms with E-state index in [0.29, 0.717) is 5.75 Å². The molecule has 0 saturated carbocycles. The van der Waals surface area contributed by atoms with E-state index in [9.17, 15) is 14.9 Å². The zero-order valence-electron chi connectivity index (χ0n) is 13.2. The van der Waals surface area contributed by atoms with Crippen molar-refractivity contribution in [1.29, 1.82) is 0 Å². The van der Waals surface area contributed by atoms with Gasteiger partial charge in [-0.05, 0) is 38.0 Å². The van der Waals surface area contributed by atoms with Crippen molar-refractivity contribution >= 4 is 11.7 Å². The maximum absolute atomic E-state index is 11.8. The van der Waals surface area contributed by atoms with Crippen LogP contribution in [-0.4, -0.2) is 17.5 Å². The maximum Gasteiger partial charge on any atom is 0.349 e. The van der Waals surface area contributed by atoms with Crippen LogP contribution in [0.2, 0.25) is 0 Å². The zero-order valence-corrected chi connectivity index (χ0v) is 13.2. The van der Waals surface area contributed by atoms with Crippen LogP contribution in [0.25, 0.3) is 0 Å². The largest absolute Gasteiger partial charge is 0.481 e. The summed E-state index contributed by atoms with van der Waals surface area (Å²) < 4.78 is 10.6. The Hall–Kier alpha value is -2.89. The number of hydrogen-bond acceptors (Lipinski definition) is 5. The van der Waals surface area contributed by atoms with Gasteiger partial charge in [0, 0.05) is 6.07 Å². The van der Waals surface area contributed by atoms with Crippen LogP contribution in [0.15, 0.2) is 36.4 Å². The first-order valence-corrected chi connectivity index (χ1v) is 7.02. The number of carbonyl (C=O) groups is 1. The summed E-state index contributed by atoms with van der Waals surface area (Å²) in [5, 5.41) is 10.7. The quantitative estimate of drug-likeness (QED) is 0.365. The van der Waals surface area contributed by atoms with Gasteiger partial charge in [0.05, 0.1) is 11.0 Å². The van der Waals surface area contributed by atoms with Gasteiger partial charge in [-0.1, -0.05) is 23.8 Å². The normalized spacial score (nSPS) is 10.2. The molecule has 0 unspecified atom stereocenters. The number of aryl methyl sites for hydroxylation is 3. The molecule has 0 heterocycles. The molecule has 0 amide bonds. The molecule has 2 rings (SSSR count). The molecule has 0 aromatic heterocycles. The first kappa shape index (κ1) is 16.5. The van der Waals surface area contributed by atoms with Gasteiger partial charge in [0.15, 0.2) is 6.61 Å². The summed E-state index contributed by atoms with van der Waals surface area (Å²) in [7, 11) is 0. The summed E-state index contributed by atoms with van der Waals surface area (Å²) in [6.45, 7) is 5.52. The fourth-order valence-corrected chi connectivity index (χ4v) is 2.35. The number of nitro benzene ring substituents is 1. The van der Waals surface area contributed by atoms with Crippen LogP contribution in [-0.2, 0) is 4.79 Å². The van der Waals surface area contributed by atoms with Crippen LogP contribution in [0, 0.1) is 30.9 Å². The number of rotatable bonds is 5. The molecule has 0 spiro atoms. The molecular formula is C17H17NO5. The smallest absolute Gasteiger partial charge is 0.349 e. The SMILES string of the molecule is Cc1cc(C)c(OCC(=O)Oc2cccc([N+](=O)[O-])c2)c(C)c1. The Morgan fingerprint density at radius 2 is 1.78 bits per heavy atom. The molecule has 0 aliphatic carbocycles. The molecule has 23 heavy (non-hydrogen) atoms. The Labute approximate surface area is 133 Å². The molecule has 0 radical (unpaired) electrons. The molecule has 0 saturated heterocycles. The Morgan fingerprint density at radius 1 is 1.13 bits per heavy atom. The molecule has 0 N–H and O–H groups in total. The van der Waals surface area contributed by atoms with E-state index in [2.05, 4.69) is 0 Å². The number of esters is 1. The molecule has 2 aromatic rings. The fraction of sp³-hybridized carbons (Fsp3) is 0.235. The van der Waals surface area contributed by atoms with Gasteiger partial charge in [-0.3, -0.25) is 10.1 Å². The van der Waals surface area contributed by atoms with E-state index in [-0.39, 0.29) is 18.0 Å². The number of hydrogen-bond donors (Lipinski definition) is 0. The van der Waals surface area contributed by atoms with Crippen LogP contribution >= 0.6 is 0 Å². The molecule has 0 aliphatic rings. The molecule has 6 nitrogen and oxygen atoms in total. The summed E-state index contributed by atoms with van der Waals surface area (Å²) in [5.41, 5.74) is 2.85. The standard InChI is InChI=1S/C17H17NO5/c1-11-7-12(2)17(13(3)8-11)22-10-16(19)23-15-6-4-5-14(9-15)18(20)21/h4-9H,10H2,1-3H3. The number of non-ortho nitro benzene ring substituents is 1. The van der Waals surface area contributed by atoms with Gasteiger partial charge >= 0.3 is 5.97 Å². The van der Waals surface area contributed by atoms with Crippen molar-refractivity contribution in [3.63, 3.8) is 0 Å². The van der Waals surface area contributed by atoms with Gasteiger partial charge < -0.3 is 9.47 Å². The Kier molecular flexibility index (Phi) is 4.95. The van der Waals surface area contributed by atoms with E-state index in [1.807, 2.05) is 32.9 Å². The van der Waals surface area contributed by atoms with Gasteiger partial charge in [0.25, 0.3) is 5.69 Å². The molecule has 0 aliphatic heterocycles. The molecule has 0 atom stereocenters. The number of ether oxygens (including phenoxy) is 2. The van der Waals surface area contributed by atoms with Crippen molar-refractivity contribution in [3.8, 4) is 11.5 Å². The molecule has 0 bridgehead atoms. The highest BCUT2D eigenvalue weighted by Crippen LogP contribution is 2.24. The molecule has 6 heteroatoms. The maximum atomic E-state index is 11.8. The second-order valence-electron chi connectivity index (χ2n) is 5.25. The molecule has 2 aromatic carbocycles. The minimum absolute atomic E-state index is 0.116. The van der Waals surface area contributed by atoms with Crippen LogP contribution in [0.5, 0.6) is 11.5 Å². The van der Waals surface area contributed by atoms with Crippen LogP contribution in [0.3, 0.4) is 0 Å². The molecular weight excluding hydrogens is 298 g/mol. The summed E-state index contributed by atoms with van der Waals surface area (Å²) in [4.78, 5) is 22.0. The monoisotopic (exact) mass is 315 g/mol. The average Bonchev–Trinajstić information content (AvgIpc) is 2.46. The van der Waals surface area contributed by atoms with Gasteiger partial charge in [0.2, 0.25) is 0 Å². The van der Waals surface area contributed by atoms with Gasteiger partial charge in [-0.2, -0.15) is 0 Å². The summed E-state index contributed by atoms with van der Waals surface area (Å²) >= 11 is 0. The van der Waals surface area contributed by atoms with E-state index in [1.54, 1.807) is 0 Å². The second kappa shape index (κ2) is 6.91. The highest BCUT2D eigenvalue weighted by atomic mass is 16.6. The first-order chi connectivity index (χ1) is 10.9. The number of carbonyl (C=O) groups excluding carboxylic acids is 1. The summed E-state index contributed by atoms with van der Waals surface area (Å²) in [6.07, 6.45) is 0. The van der Waals surface area contributed by atoms with Crippen LogP contribution in [0.1, 0.15) is 16.7 Å². The van der Waals surface area contributed by atoms with E-state index < -0.39 is 10.9 Å². The lowest BCUT2D eigenvalue weighted by molar-refractivity contribution is -0.384. The third-order valence-corrected chi connectivity index (χ3v) is 3.20.